The van der Waals surface area contributed by atoms with Crippen LogP contribution in [-0.4, -0.2) is 22.0 Å². The first-order chi connectivity index (χ1) is 7.20. The quantitative estimate of drug-likeness (QED) is 0.712. The van der Waals surface area contributed by atoms with Gasteiger partial charge in [-0.05, 0) is 12.1 Å². The summed E-state index contributed by atoms with van der Waals surface area (Å²) in [5.74, 6) is -0.316. The second-order valence-corrected chi connectivity index (χ2v) is 5.21. The van der Waals surface area contributed by atoms with Crippen molar-refractivity contribution < 1.29 is 13.7 Å². The van der Waals surface area contributed by atoms with Gasteiger partial charge in [0.2, 0.25) is 0 Å². The highest BCUT2D eigenvalue weighted by atomic mass is 32.2. The van der Waals surface area contributed by atoms with E-state index in [1.165, 1.54) is 0 Å². The third-order valence-corrected chi connectivity index (χ3v) is 4.30. The number of hydrogen-bond acceptors (Lipinski definition) is 3. The summed E-state index contributed by atoms with van der Waals surface area (Å²) in [5.41, 5.74) is 0. The van der Waals surface area contributed by atoms with Crippen LogP contribution in [0.25, 0.3) is 0 Å². The first kappa shape index (κ1) is 10.4. The smallest absolute Gasteiger partial charge is 0.322 e. The summed E-state index contributed by atoms with van der Waals surface area (Å²) in [6.07, 6.45) is 0. The largest absolute Gasteiger partial charge is 0.464 e. The molecule has 1 fully saturated rings. The maximum Gasteiger partial charge on any atom is 0.322 e. The van der Waals surface area contributed by atoms with Gasteiger partial charge in [-0.3, -0.25) is 9.00 Å². The Kier molecular flexibility index (Phi) is 2.86. The summed E-state index contributed by atoms with van der Waals surface area (Å²) in [6.45, 7) is 2.26. The van der Waals surface area contributed by atoms with E-state index in [9.17, 15) is 9.00 Å². The lowest BCUT2D eigenvalue weighted by Crippen LogP contribution is -2.26. The molecule has 3 atom stereocenters. The van der Waals surface area contributed by atoms with Crippen molar-refractivity contribution in [3.05, 3.63) is 30.3 Å². The molecular weight excluding hydrogens is 212 g/mol. The lowest BCUT2D eigenvalue weighted by atomic mass is 10.1. The van der Waals surface area contributed by atoms with Crippen LogP contribution in [0.1, 0.15) is 6.92 Å². The SMILES string of the molecule is CC1COC(=O)C1S(=O)c1ccccc1. The molecule has 0 N–H and O–H groups in total. The van der Waals surface area contributed by atoms with Gasteiger partial charge in [0, 0.05) is 10.8 Å². The molecule has 0 amide bonds. The van der Waals surface area contributed by atoms with Crippen molar-refractivity contribution in [2.75, 3.05) is 6.61 Å². The molecule has 0 aliphatic carbocycles. The van der Waals surface area contributed by atoms with E-state index < -0.39 is 16.0 Å². The van der Waals surface area contributed by atoms with Gasteiger partial charge in [0.05, 0.1) is 17.4 Å². The van der Waals surface area contributed by atoms with E-state index in [0.717, 1.165) is 0 Å². The first-order valence-corrected chi connectivity index (χ1v) is 6.03. The van der Waals surface area contributed by atoms with Crippen molar-refractivity contribution in [2.45, 2.75) is 17.1 Å². The van der Waals surface area contributed by atoms with Crippen LogP contribution in [0.4, 0.5) is 0 Å². The predicted molar refractivity (Wildman–Crippen MR) is 56.8 cm³/mol. The second kappa shape index (κ2) is 4.14. The normalized spacial score (nSPS) is 27.4. The number of ether oxygens (including phenoxy) is 1. The summed E-state index contributed by atoms with van der Waals surface area (Å²) in [5, 5.41) is -0.507. The van der Waals surface area contributed by atoms with Gasteiger partial charge in [-0.2, -0.15) is 0 Å². The van der Waals surface area contributed by atoms with Crippen molar-refractivity contribution in [2.24, 2.45) is 5.92 Å². The number of esters is 1. The highest BCUT2D eigenvalue weighted by Crippen LogP contribution is 2.24. The van der Waals surface area contributed by atoms with Crippen LogP contribution in [0, 0.1) is 5.92 Å². The van der Waals surface area contributed by atoms with E-state index in [-0.39, 0.29) is 11.9 Å². The summed E-state index contributed by atoms with van der Waals surface area (Å²) in [4.78, 5) is 12.1. The molecule has 1 saturated heterocycles. The number of cyclic esters (lactones) is 1. The van der Waals surface area contributed by atoms with Gasteiger partial charge in [0.15, 0.2) is 0 Å². The Bertz CT molecular complexity index is 388. The molecule has 1 aromatic rings. The molecule has 0 saturated carbocycles. The Balaban J connectivity index is 2.25. The molecule has 1 aliphatic heterocycles. The first-order valence-electron chi connectivity index (χ1n) is 4.82. The minimum absolute atomic E-state index is 0.0264. The Morgan fingerprint density at radius 3 is 2.53 bits per heavy atom. The maximum atomic E-state index is 12.1. The fourth-order valence-corrected chi connectivity index (χ4v) is 3.08. The number of rotatable bonds is 2. The third kappa shape index (κ3) is 1.95. The monoisotopic (exact) mass is 224 g/mol. The zero-order valence-corrected chi connectivity index (χ0v) is 9.20. The molecule has 1 aromatic carbocycles. The molecule has 0 aromatic heterocycles. The lowest BCUT2D eigenvalue weighted by molar-refractivity contribution is -0.137. The standard InChI is InChI=1S/C11H12O3S/c1-8-7-14-11(12)10(8)15(13)9-5-3-2-4-6-9/h2-6,8,10H,7H2,1H3. The molecule has 15 heavy (non-hydrogen) atoms. The van der Waals surface area contributed by atoms with Gasteiger partial charge in [-0.25, -0.2) is 0 Å². The molecule has 0 bridgehead atoms. The van der Waals surface area contributed by atoms with Gasteiger partial charge >= 0.3 is 5.97 Å². The zero-order chi connectivity index (χ0) is 10.8. The van der Waals surface area contributed by atoms with Gasteiger partial charge in [0.1, 0.15) is 5.25 Å². The lowest BCUT2D eigenvalue weighted by Gasteiger charge is -2.09. The second-order valence-electron chi connectivity index (χ2n) is 3.64. The molecule has 4 heteroatoms. The molecule has 1 aliphatic rings. The van der Waals surface area contributed by atoms with Crippen LogP contribution in [0.15, 0.2) is 35.2 Å². The maximum absolute atomic E-state index is 12.1. The van der Waals surface area contributed by atoms with Crippen LogP contribution < -0.4 is 0 Å². The number of carbonyl (C=O) groups excluding carboxylic acids is 1. The highest BCUT2D eigenvalue weighted by molar-refractivity contribution is 7.86. The molecule has 80 valence electrons. The predicted octanol–water partition coefficient (Wildman–Crippen LogP) is 1.36. The Morgan fingerprint density at radius 2 is 2.00 bits per heavy atom. The van der Waals surface area contributed by atoms with Crippen molar-refractivity contribution in [1.29, 1.82) is 0 Å². The van der Waals surface area contributed by atoms with Crippen molar-refractivity contribution >= 4 is 16.8 Å². The van der Waals surface area contributed by atoms with E-state index in [4.69, 9.17) is 4.74 Å². The van der Waals surface area contributed by atoms with Crippen LogP contribution in [0.2, 0.25) is 0 Å². The van der Waals surface area contributed by atoms with Gasteiger partial charge in [-0.1, -0.05) is 25.1 Å². The topological polar surface area (TPSA) is 43.4 Å². The summed E-state index contributed by atoms with van der Waals surface area (Å²) < 4.78 is 17.0. The van der Waals surface area contributed by atoms with E-state index in [1.54, 1.807) is 12.1 Å². The molecule has 0 spiro atoms. The zero-order valence-electron chi connectivity index (χ0n) is 8.38. The Labute approximate surface area is 90.9 Å². The summed E-state index contributed by atoms with van der Waals surface area (Å²) in [7, 11) is -1.29. The van der Waals surface area contributed by atoms with Crippen LogP contribution >= 0.6 is 0 Å². The molecule has 0 radical (unpaired) electrons. The van der Waals surface area contributed by atoms with E-state index in [2.05, 4.69) is 0 Å². The van der Waals surface area contributed by atoms with Crippen molar-refractivity contribution in [1.82, 2.24) is 0 Å². The molecular formula is C11H12O3S. The van der Waals surface area contributed by atoms with E-state index in [1.807, 2.05) is 25.1 Å². The molecule has 1 heterocycles. The third-order valence-electron chi connectivity index (χ3n) is 2.44. The fraction of sp³-hybridized carbons (Fsp3) is 0.364. The van der Waals surface area contributed by atoms with Crippen LogP contribution in [0.5, 0.6) is 0 Å². The number of carbonyl (C=O) groups is 1. The van der Waals surface area contributed by atoms with Gasteiger partial charge < -0.3 is 4.74 Å². The Morgan fingerprint density at radius 1 is 1.33 bits per heavy atom. The Hall–Kier alpha value is -1.16. The van der Waals surface area contributed by atoms with Gasteiger partial charge in [-0.15, -0.1) is 0 Å². The van der Waals surface area contributed by atoms with Crippen molar-refractivity contribution in [3.8, 4) is 0 Å². The molecule has 3 nitrogen and oxygen atoms in total. The van der Waals surface area contributed by atoms with Crippen molar-refractivity contribution in [3.63, 3.8) is 0 Å². The molecule has 3 unspecified atom stereocenters. The van der Waals surface area contributed by atoms with Gasteiger partial charge in [0.25, 0.3) is 0 Å². The summed E-state index contributed by atoms with van der Waals surface area (Å²) >= 11 is 0. The minimum Gasteiger partial charge on any atom is -0.464 e. The van der Waals surface area contributed by atoms with E-state index >= 15 is 0 Å². The highest BCUT2D eigenvalue weighted by Gasteiger charge is 2.39. The number of hydrogen-bond donors (Lipinski definition) is 0. The average molecular weight is 224 g/mol. The average Bonchev–Trinajstić information content (AvgIpc) is 2.59. The minimum atomic E-state index is -1.29. The fourth-order valence-electron chi connectivity index (χ4n) is 1.62. The van der Waals surface area contributed by atoms with E-state index in [0.29, 0.717) is 11.5 Å². The van der Waals surface area contributed by atoms with Crippen LogP contribution in [0.3, 0.4) is 0 Å². The van der Waals surface area contributed by atoms with Crippen LogP contribution in [-0.2, 0) is 20.3 Å². The summed E-state index contributed by atoms with van der Waals surface area (Å²) in [6, 6.07) is 9.04. The number of benzene rings is 1. The molecule has 2 rings (SSSR count).